The van der Waals surface area contributed by atoms with Crippen LogP contribution in [0.4, 0.5) is 0 Å². The first-order valence-corrected chi connectivity index (χ1v) is 14.5. The van der Waals surface area contributed by atoms with Crippen LogP contribution in [0.25, 0.3) is 76.8 Å². The maximum Gasteiger partial charge on any atom is 0.0619 e. The molecule has 2 nitrogen and oxygen atoms in total. The van der Waals surface area contributed by atoms with Gasteiger partial charge in [-0.1, -0.05) is 115 Å². The van der Waals surface area contributed by atoms with Crippen LogP contribution < -0.4 is 0 Å². The topological polar surface area (TPSA) is 9.86 Å². The van der Waals surface area contributed by atoms with Crippen LogP contribution in [-0.2, 0) is 0 Å². The van der Waals surface area contributed by atoms with Crippen molar-refractivity contribution in [1.82, 2.24) is 9.13 Å². The molecule has 0 bridgehead atoms. The predicted octanol–water partition coefficient (Wildman–Crippen LogP) is 10.7. The highest BCUT2D eigenvalue weighted by atomic mass is 15.0. The van der Waals surface area contributed by atoms with E-state index in [1.54, 1.807) is 0 Å². The number of para-hydroxylation sites is 2. The standard InChI is InChI=1S/C40H26N2/c1-3-13-27(14-4-1)39-31-18-7-9-20-33(31)40(34-21-10-8-19-32(34)39)42-36-22-12-11-17-30(36)35-25-28-23-24-41(37(28)26-38(35)42)29-15-5-2-6-16-29/h1-26H. The summed E-state index contributed by atoms with van der Waals surface area (Å²) in [4.78, 5) is 0. The molecule has 9 rings (SSSR count). The smallest absolute Gasteiger partial charge is 0.0619 e. The van der Waals surface area contributed by atoms with E-state index in [4.69, 9.17) is 0 Å². The molecular formula is C40H26N2. The summed E-state index contributed by atoms with van der Waals surface area (Å²) in [5, 5.41) is 8.79. The van der Waals surface area contributed by atoms with Crippen LogP contribution in [0.3, 0.4) is 0 Å². The summed E-state index contributed by atoms with van der Waals surface area (Å²) < 4.78 is 4.80. The number of benzene rings is 7. The van der Waals surface area contributed by atoms with Crippen molar-refractivity contribution in [2.75, 3.05) is 0 Å². The van der Waals surface area contributed by atoms with Gasteiger partial charge in [-0.15, -0.1) is 0 Å². The molecule has 2 aromatic heterocycles. The number of hydrogen-bond acceptors (Lipinski definition) is 0. The van der Waals surface area contributed by atoms with Crippen LogP contribution in [0.1, 0.15) is 0 Å². The molecule has 0 saturated carbocycles. The van der Waals surface area contributed by atoms with E-state index in [-0.39, 0.29) is 0 Å². The zero-order chi connectivity index (χ0) is 27.6. The van der Waals surface area contributed by atoms with Crippen LogP contribution in [0, 0.1) is 0 Å². The lowest BCUT2D eigenvalue weighted by molar-refractivity contribution is 1.13. The second-order valence-electron chi connectivity index (χ2n) is 11.0. The SMILES string of the molecule is c1ccc(-c2c3ccccc3c(-n3c4ccccc4c4cc5ccn(-c6ccccc6)c5cc43)c3ccccc23)cc1. The second kappa shape index (κ2) is 8.95. The fraction of sp³-hybridized carbons (Fsp3) is 0. The van der Waals surface area contributed by atoms with Gasteiger partial charge in [-0.05, 0) is 58.3 Å². The zero-order valence-corrected chi connectivity index (χ0v) is 22.9. The van der Waals surface area contributed by atoms with Gasteiger partial charge in [0.15, 0.2) is 0 Å². The summed E-state index contributed by atoms with van der Waals surface area (Å²) in [5.41, 5.74) is 8.54. The first kappa shape index (κ1) is 23.1. The van der Waals surface area contributed by atoms with Gasteiger partial charge in [-0.2, -0.15) is 0 Å². The molecule has 9 aromatic rings. The summed E-state index contributed by atoms with van der Waals surface area (Å²) in [6.45, 7) is 0. The van der Waals surface area contributed by atoms with E-state index in [0.29, 0.717) is 0 Å². The van der Waals surface area contributed by atoms with Crippen molar-refractivity contribution >= 4 is 54.3 Å². The number of aromatic nitrogens is 2. The van der Waals surface area contributed by atoms with Crippen molar-refractivity contribution in [3.8, 4) is 22.5 Å². The van der Waals surface area contributed by atoms with Gasteiger partial charge in [-0.3, -0.25) is 0 Å². The van der Waals surface area contributed by atoms with Gasteiger partial charge in [0.05, 0.1) is 22.2 Å². The zero-order valence-electron chi connectivity index (χ0n) is 22.9. The summed E-state index contributed by atoms with van der Waals surface area (Å²) in [6, 6.07) is 55.0. The van der Waals surface area contributed by atoms with Crippen LogP contribution in [0.2, 0.25) is 0 Å². The molecule has 0 aliphatic heterocycles. The molecule has 7 aromatic carbocycles. The number of nitrogens with zero attached hydrogens (tertiary/aromatic N) is 2. The van der Waals surface area contributed by atoms with Crippen LogP contribution in [0.5, 0.6) is 0 Å². The average molecular weight is 535 g/mol. The highest BCUT2D eigenvalue weighted by Crippen LogP contribution is 2.44. The largest absolute Gasteiger partial charge is 0.316 e. The van der Waals surface area contributed by atoms with Crippen molar-refractivity contribution in [1.29, 1.82) is 0 Å². The van der Waals surface area contributed by atoms with Crippen LogP contribution >= 0.6 is 0 Å². The Bertz CT molecular complexity index is 2390. The molecule has 2 heteroatoms. The van der Waals surface area contributed by atoms with Crippen molar-refractivity contribution in [2.24, 2.45) is 0 Å². The fourth-order valence-corrected chi connectivity index (χ4v) is 6.91. The third-order valence-corrected chi connectivity index (χ3v) is 8.71. The van der Waals surface area contributed by atoms with Gasteiger partial charge in [0, 0.05) is 38.8 Å². The summed E-state index contributed by atoms with van der Waals surface area (Å²) >= 11 is 0. The molecule has 2 heterocycles. The Balaban J connectivity index is 1.48. The van der Waals surface area contributed by atoms with Gasteiger partial charge < -0.3 is 9.13 Å². The van der Waals surface area contributed by atoms with E-state index in [9.17, 15) is 0 Å². The lowest BCUT2D eigenvalue weighted by atomic mass is 9.90. The molecule has 196 valence electrons. The lowest BCUT2D eigenvalue weighted by Gasteiger charge is -2.19. The Morgan fingerprint density at radius 1 is 0.381 bits per heavy atom. The summed E-state index contributed by atoms with van der Waals surface area (Å²) in [5.74, 6) is 0. The minimum atomic E-state index is 1.16. The first-order chi connectivity index (χ1) is 20.9. The van der Waals surface area contributed by atoms with E-state index in [0.717, 1.165) is 5.69 Å². The summed E-state index contributed by atoms with van der Waals surface area (Å²) in [6.07, 6.45) is 2.19. The minimum absolute atomic E-state index is 1.16. The highest BCUT2D eigenvalue weighted by molar-refractivity contribution is 6.21. The summed E-state index contributed by atoms with van der Waals surface area (Å²) in [7, 11) is 0. The van der Waals surface area contributed by atoms with Crippen molar-refractivity contribution < 1.29 is 0 Å². The molecule has 0 fully saturated rings. The average Bonchev–Trinajstić information content (AvgIpc) is 3.62. The molecule has 0 saturated heterocycles. The van der Waals surface area contributed by atoms with E-state index >= 15 is 0 Å². The van der Waals surface area contributed by atoms with Gasteiger partial charge in [0.25, 0.3) is 0 Å². The highest BCUT2D eigenvalue weighted by Gasteiger charge is 2.21. The van der Waals surface area contributed by atoms with E-state index in [2.05, 4.69) is 167 Å². The Kier molecular flexibility index (Phi) is 4.93. The van der Waals surface area contributed by atoms with E-state index < -0.39 is 0 Å². The minimum Gasteiger partial charge on any atom is -0.316 e. The van der Waals surface area contributed by atoms with E-state index in [1.165, 1.54) is 71.1 Å². The van der Waals surface area contributed by atoms with Crippen LogP contribution in [0.15, 0.2) is 158 Å². The molecular weight excluding hydrogens is 508 g/mol. The molecule has 0 unspecified atom stereocenters. The number of rotatable bonds is 3. The molecule has 0 amide bonds. The molecule has 0 aliphatic rings. The molecule has 0 atom stereocenters. The quantitative estimate of drug-likeness (QED) is 0.200. The fourth-order valence-electron chi connectivity index (χ4n) is 6.91. The van der Waals surface area contributed by atoms with Gasteiger partial charge in [0.2, 0.25) is 0 Å². The molecule has 42 heavy (non-hydrogen) atoms. The Morgan fingerprint density at radius 3 is 1.64 bits per heavy atom. The van der Waals surface area contributed by atoms with Gasteiger partial charge in [0.1, 0.15) is 0 Å². The Labute approximate surface area is 243 Å². The molecule has 0 N–H and O–H groups in total. The molecule has 0 radical (unpaired) electrons. The van der Waals surface area contributed by atoms with Crippen molar-refractivity contribution in [3.05, 3.63) is 158 Å². The second-order valence-corrected chi connectivity index (χ2v) is 11.0. The normalized spacial score (nSPS) is 11.8. The lowest BCUT2D eigenvalue weighted by Crippen LogP contribution is -1.99. The third-order valence-electron chi connectivity index (χ3n) is 8.71. The molecule has 0 aliphatic carbocycles. The Morgan fingerprint density at radius 2 is 0.952 bits per heavy atom. The number of hydrogen-bond donors (Lipinski definition) is 0. The van der Waals surface area contributed by atoms with Gasteiger partial charge in [-0.25, -0.2) is 0 Å². The third kappa shape index (κ3) is 3.27. The first-order valence-electron chi connectivity index (χ1n) is 14.5. The maximum atomic E-state index is 2.51. The molecule has 0 spiro atoms. The van der Waals surface area contributed by atoms with Crippen molar-refractivity contribution in [2.45, 2.75) is 0 Å². The van der Waals surface area contributed by atoms with Crippen LogP contribution in [-0.4, -0.2) is 9.13 Å². The Hall–Kier alpha value is -5.60. The predicted molar refractivity (Wildman–Crippen MR) is 178 cm³/mol. The van der Waals surface area contributed by atoms with E-state index in [1.807, 2.05) is 0 Å². The maximum absolute atomic E-state index is 2.51. The van der Waals surface area contributed by atoms with Gasteiger partial charge >= 0.3 is 0 Å². The van der Waals surface area contributed by atoms with Crippen molar-refractivity contribution in [3.63, 3.8) is 0 Å². The monoisotopic (exact) mass is 534 g/mol. The number of fused-ring (bicyclic) bond motifs is 6.